The van der Waals surface area contributed by atoms with Crippen molar-refractivity contribution < 1.29 is 0 Å². The van der Waals surface area contributed by atoms with Crippen LogP contribution in [0.4, 0.5) is 0 Å². The third-order valence-electron chi connectivity index (χ3n) is 4.74. The van der Waals surface area contributed by atoms with E-state index in [9.17, 15) is 0 Å². The van der Waals surface area contributed by atoms with Gasteiger partial charge in [-0.1, -0.05) is 26.7 Å². The molecule has 0 saturated heterocycles. The number of pyridine rings is 1. The van der Waals surface area contributed by atoms with Crippen molar-refractivity contribution in [3.8, 4) is 0 Å². The van der Waals surface area contributed by atoms with Crippen LogP contribution in [0.2, 0.25) is 0 Å². The lowest BCUT2D eigenvalue weighted by Crippen LogP contribution is -2.45. The predicted octanol–water partition coefficient (Wildman–Crippen LogP) is 3.32. The van der Waals surface area contributed by atoms with Crippen LogP contribution in [0.15, 0.2) is 24.5 Å². The average Bonchev–Trinajstić information content (AvgIpc) is 2.46. The van der Waals surface area contributed by atoms with Crippen molar-refractivity contribution in [3.05, 3.63) is 30.1 Å². The third kappa shape index (κ3) is 5.08. The van der Waals surface area contributed by atoms with E-state index in [4.69, 9.17) is 0 Å². The molecule has 2 unspecified atom stereocenters. The molecule has 0 radical (unpaired) electrons. The zero-order chi connectivity index (χ0) is 15.1. The molecule has 1 aromatic rings. The summed E-state index contributed by atoms with van der Waals surface area (Å²) in [7, 11) is 2.26. The Labute approximate surface area is 130 Å². The van der Waals surface area contributed by atoms with Crippen molar-refractivity contribution in [2.24, 2.45) is 11.3 Å². The van der Waals surface area contributed by atoms with Crippen molar-refractivity contribution in [2.45, 2.75) is 46.1 Å². The molecule has 118 valence electrons. The molecule has 3 nitrogen and oxygen atoms in total. The number of aromatic nitrogens is 1. The van der Waals surface area contributed by atoms with Crippen LogP contribution in [-0.2, 0) is 6.54 Å². The van der Waals surface area contributed by atoms with Gasteiger partial charge in [0.2, 0.25) is 0 Å². The van der Waals surface area contributed by atoms with Gasteiger partial charge < -0.3 is 10.2 Å². The van der Waals surface area contributed by atoms with E-state index in [1.165, 1.54) is 37.8 Å². The first-order valence-corrected chi connectivity index (χ1v) is 8.42. The predicted molar refractivity (Wildman–Crippen MR) is 89.2 cm³/mol. The highest BCUT2D eigenvalue weighted by Gasteiger charge is 2.35. The summed E-state index contributed by atoms with van der Waals surface area (Å²) in [6.45, 7) is 9.07. The summed E-state index contributed by atoms with van der Waals surface area (Å²) in [5, 5.41) is 3.61. The molecule has 1 aliphatic rings. The minimum Gasteiger partial charge on any atom is -0.316 e. The summed E-state index contributed by atoms with van der Waals surface area (Å²) in [5.41, 5.74) is 1.81. The van der Waals surface area contributed by atoms with Gasteiger partial charge in [-0.3, -0.25) is 4.98 Å². The summed E-state index contributed by atoms with van der Waals surface area (Å²) in [6, 6.07) is 4.24. The molecule has 0 amide bonds. The van der Waals surface area contributed by atoms with Crippen molar-refractivity contribution >= 4 is 0 Å². The van der Waals surface area contributed by atoms with E-state index in [0.29, 0.717) is 5.41 Å². The zero-order valence-corrected chi connectivity index (χ0v) is 13.9. The van der Waals surface area contributed by atoms with Gasteiger partial charge in [-0.25, -0.2) is 0 Å². The summed E-state index contributed by atoms with van der Waals surface area (Å²) >= 11 is 0. The van der Waals surface area contributed by atoms with Crippen LogP contribution in [0.25, 0.3) is 0 Å². The van der Waals surface area contributed by atoms with E-state index in [1.807, 2.05) is 12.4 Å². The van der Waals surface area contributed by atoms with E-state index < -0.39 is 0 Å². The van der Waals surface area contributed by atoms with E-state index in [2.05, 4.69) is 48.2 Å². The van der Waals surface area contributed by atoms with Crippen LogP contribution in [0.5, 0.6) is 0 Å². The molecule has 2 rings (SSSR count). The molecule has 2 atom stereocenters. The number of hydrogen-bond acceptors (Lipinski definition) is 3. The molecule has 21 heavy (non-hydrogen) atoms. The molecule has 1 N–H and O–H groups in total. The van der Waals surface area contributed by atoms with Crippen LogP contribution >= 0.6 is 0 Å². The Balaban J connectivity index is 1.97. The number of nitrogens with one attached hydrogen (secondary N) is 1. The van der Waals surface area contributed by atoms with Crippen LogP contribution in [0.3, 0.4) is 0 Å². The maximum Gasteiger partial charge on any atom is 0.0271 e. The van der Waals surface area contributed by atoms with E-state index in [-0.39, 0.29) is 0 Å². The molecule has 1 aromatic heterocycles. The Hall–Kier alpha value is -0.930. The largest absolute Gasteiger partial charge is 0.316 e. The fourth-order valence-corrected chi connectivity index (χ4v) is 3.95. The fraction of sp³-hybridized carbons (Fsp3) is 0.722. The molecular weight excluding hydrogens is 258 g/mol. The normalized spacial score (nSPS) is 26.2. The highest BCUT2D eigenvalue weighted by atomic mass is 15.1. The number of nitrogens with zero attached hydrogens (tertiary/aromatic N) is 2. The molecule has 0 aromatic carbocycles. The van der Waals surface area contributed by atoms with E-state index in [1.54, 1.807) is 0 Å². The smallest absolute Gasteiger partial charge is 0.0271 e. The second kappa shape index (κ2) is 7.90. The summed E-state index contributed by atoms with van der Waals surface area (Å²) < 4.78 is 0. The molecule has 1 heterocycles. The van der Waals surface area contributed by atoms with Crippen LogP contribution in [0, 0.1) is 11.3 Å². The maximum atomic E-state index is 4.10. The standard InChI is InChI=1S/C18H31N3/c1-4-19-14-18(9-5-6-16(2)12-18)15-21(3)13-17-7-10-20-11-8-17/h7-8,10-11,16,19H,4-6,9,12-15H2,1-3H3. The van der Waals surface area contributed by atoms with Gasteiger partial charge in [0.1, 0.15) is 0 Å². The van der Waals surface area contributed by atoms with Gasteiger partial charge in [0.25, 0.3) is 0 Å². The average molecular weight is 289 g/mol. The van der Waals surface area contributed by atoms with Gasteiger partial charge in [0.05, 0.1) is 0 Å². The molecule has 0 spiro atoms. The minimum atomic E-state index is 0.454. The van der Waals surface area contributed by atoms with E-state index >= 15 is 0 Å². The lowest BCUT2D eigenvalue weighted by atomic mass is 9.69. The minimum absolute atomic E-state index is 0.454. The van der Waals surface area contributed by atoms with Crippen molar-refractivity contribution in [1.29, 1.82) is 0 Å². The first-order valence-electron chi connectivity index (χ1n) is 8.42. The quantitative estimate of drug-likeness (QED) is 0.834. The lowest BCUT2D eigenvalue weighted by molar-refractivity contribution is 0.0895. The molecule has 3 heteroatoms. The lowest BCUT2D eigenvalue weighted by Gasteiger charge is -2.43. The Kier molecular flexibility index (Phi) is 6.19. The first-order chi connectivity index (χ1) is 10.1. The molecule has 0 aliphatic heterocycles. The zero-order valence-electron chi connectivity index (χ0n) is 13.9. The maximum absolute atomic E-state index is 4.10. The van der Waals surface area contributed by atoms with Crippen molar-refractivity contribution in [2.75, 3.05) is 26.7 Å². The van der Waals surface area contributed by atoms with Crippen molar-refractivity contribution in [1.82, 2.24) is 15.2 Å². The molecular formula is C18H31N3. The highest BCUT2D eigenvalue weighted by Crippen LogP contribution is 2.39. The second-order valence-corrected chi connectivity index (χ2v) is 7.01. The molecule has 1 saturated carbocycles. The molecule has 0 bridgehead atoms. The highest BCUT2D eigenvalue weighted by molar-refractivity contribution is 5.09. The van der Waals surface area contributed by atoms with Crippen molar-refractivity contribution in [3.63, 3.8) is 0 Å². The Morgan fingerprint density at radius 1 is 1.38 bits per heavy atom. The monoisotopic (exact) mass is 289 g/mol. The number of hydrogen-bond donors (Lipinski definition) is 1. The Bertz CT molecular complexity index is 406. The van der Waals surface area contributed by atoms with E-state index in [0.717, 1.165) is 25.6 Å². The van der Waals surface area contributed by atoms with Gasteiger partial charge in [-0.15, -0.1) is 0 Å². The topological polar surface area (TPSA) is 28.2 Å². The molecule has 1 aliphatic carbocycles. The fourth-order valence-electron chi connectivity index (χ4n) is 3.95. The Morgan fingerprint density at radius 2 is 2.14 bits per heavy atom. The number of rotatable bonds is 7. The van der Waals surface area contributed by atoms with Gasteiger partial charge in [0, 0.05) is 32.0 Å². The summed E-state index contributed by atoms with van der Waals surface area (Å²) in [6.07, 6.45) is 9.30. The van der Waals surface area contributed by atoms with Gasteiger partial charge in [-0.05, 0) is 55.5 Å². The van der Waals surface area contributed by atoms with Gasteiger partial charge in [0.15, 0.2) is 0 Å². The summed E-state index contributed by atoms with van der Waals surface area (Å²) in [4.78, 5) is 6.59. The molecule has 1 fully saturated rings. The Morgan fingerprint density at radius 3 is 2.81 bits per heavy atom. The van der Waals surface area contributed by atoms with Crippen LogP contribution < -0.4 is 5.32 Å². The van der Waals surface area contributed by atoms with Gasteiger partial charge >= 0.3 is 0 Å². The SMILES string of the molecule is CCNCC1(CN(C)Cc2ccncc2)CCCC(C)C1. The van der Waals surface area contributed by atoms with Crippen LogP contribution in [-0.4, -0.2) is 36.6 Å². The first kappa shape index (κ1) is 16.4. The third-order valence-corrected chi connectivity index (χ3v) is 4.74. The summed E-state index contributed by atoms with van der Waals surface area (Å²) in [5.74, 6) is 0.867. The van der Waals surface area contributed by atoms with Gasteiger partial charge in [-0.2, -0.15) is 0 Å². The van der Waals surface area contributed by atoms with Crippen LogP contribution in [0.1, 0.15) is 45.1 Å². The second-order valence-electron chi connectivity index (χ2n) is 7.01.